The maximum Gasteiger partial charge on any atom is 0.347 e. The van der Waals surface area contributed by atoms with Crippen molar-refractivity contribution in [3.63, 3.8) is 0 Å². The van der Waals surface area contributed by atoms with Gasteiger partial charge in [0.25, 0.3) is 10.0 Å². The molecule has 8 nitrogen and oxygen atoms in total. The summed E-state index contributed by atoms with van der Waals surface area (Å²) in [6.07, 6.45) is 3.86. The molecule has 11 heteroatoms. The highest BCUT2D eigenvalue weighted by Gasteiger charge is 2.31. The summed E-state index contributed by atoms with van der Waals surface area (Å²) in [6, 6.07) is 12.0. The van der Waals surface area contributed by atoms with Crippen LogP contribution in [0.2, 0.25) is 0 Å². The van der Waals surface area contributed by atoms with Gasteiger partial charge in [-0.25, -0.2) is 18.2 Å². The van der Waals surface area contributed by atoms with Gasteiger partial charge in [0, 0.05) is 37.6 Å². The predicted octanol–water partition coefficient (Wildman–Crippen LogP) is 3.68. The van der Waals surface area contributed by atoms with E-state index in [1.165, 1.54) is 40.2 Å². The fourth-order valence-corrected chi connectivity index (χ4v) is 8.08. The minimum atomic E-state index is -3.59. The number of anilines is 1. The molecule has 1 N–H and O–H groups in total. The van der Waals surface area contributed by atoms with Gasteiger partial charge in [-0.3, -0.25) is 4.90 Å². The Labute approximate surface area is 207 Å². The number of carboxylic acids is 1. The summed E-state index contributed by atoms with van der Waals surface area (Å²) in [5, 5.41) is 9.71. The molecular formula is C23H26N4O4S3. The number of rotatable bonds is 7. The van der Waals surface area contributed by atoms with Crippen LogP contribution >= 0.6 is 22.7 Å². The monoisotopic (exact) mass is 518 g/mol. The van der Waals surface area contributed by atoms with Crippen LogP contribution in [0.5, 0.6) is 0 Å². The lowest BCUT2D eigenvalue weighted by Crippen LogP contribution is -2.48. The minimum Gasteiger partial charge on any atom is -0.477 e. The zero-order valence-electron chi connectivity index (χ0n) is 18.6. The van der Waals surface area contributed by atoms with Crippen molar-refractivity contribution in [2.24, 2.45) is 0 Å². The van der Waals surface area contributed by atoms with Gasteiger partial charge in [-0.2, -0.15) is 4.31 Å². The first kappa shape index (κ1) is 23.4. The summed E-state index contributed by atoms with van der Waals surface area (Å²) in [5.74, 6) is -1.000. The molecule has 0 atom stereocenters. The third-order valence-corrected chi connectivity index (χ3v) is 10.8. The van der Waals surface area contributed by atoms with Crippen LogP contribution in [0.15, 0.2) is 46.8 Å². The van der Waals surface area contributed by atoms with Gasteiger partial charge in [-0.05, 0) is 55.3 Å². The van der Waals surface area contributed by atoms with Crippen molar-refractivity contribution in [1.82, 2.24) is 14.2 Å². The Morgan fingerprint density at radius 2 is 1.76 bits per heavy atom. The summed E-state index contributed by atoms with van der Waals surface area (Å²) in [5.41, 5.74) is 2.30. The van der Waals surface area contributed by atoms with Crippen molar-refractivity contribution >= 4 is 43.8 Å². The number of aromatic nitrogens is 1. The van der Waals surface area contributed by atoms with Crippen LogP contribution in [-0.2, 0) is 16.6 Å². The van der Waals surface area contributed by atoms with E-state index in [0.717, 1.165) is 41.4 Å². The van der Waals surface area contributed by atoms with Crippen molar-refractivity contribution in [3.05, 3.63) is 53.0 Å². The normalized spacial score (nSPS) is 17.9. The smallest absolute Gasteiger partial charge is 0.347 e. The Morgan fingerprint density at radius 1 is 1.00 bits per heavy atom. The van der Waals surface area contributed by atoms with Gasteiger partial charge in [-0.15, -0.1) is 11.3 Å². The first-order valence-electron chi connectivity index (χ1n) is 11.3. The van der Waals surface area contributed by atoms with E-state index in [2.05, 4.69) is 22.0 Å². The van der Waals surface area contributed by atoms with E-state index in [9.17, 15) is 13.2 Å². The Morgan fingerprint density at radius 3 is 2.47 bits per heavy atom. The number of thiophene rings is 1. The highest BCUT2D eigenvalue weighted by Crippen LogP contribution is 2.34. The van der Waals surface area contributed by atoms with Crippen LogP contribution < -0.4 is 4.90 Å². The number of hydrogen-bond donors (Lipinski definition) is 1. The minimum absolute atomic E-state index is 0.181. The summed E-state index contributed by atoms with van der Waals surface area (Å²) < 4.78 is 28.4. The van der Waals surface area contributed by atoms with Crippen molar-refractivity contribution in [3.8, 4) is 10.4 Å². The van der Waals surface area contributed by atoms with E-state index in [0.29, 0.717) is 35.5 Å². The van der Waals surface area contributed by atoms with Crippen LogP contribution in [0.25, 0.3) is 10.4 Å². The van der Waals surface area contributed by atoms with Crippen molar-refractivity contribution < 1.29 is 18.3 Å². The number of nitrogens with zero attached hydrogens (tertiary/aromatic N) is 4. The number of benzene rings is 1. The number of carboxylic acid groups (broad SMARTS) is 1. The molecule has 1 aromatic carbocycles. The van der Waals surface area contributed by atoms with Crippen LogP contribution in [-0.4, -0.2) is 73.0 Å². The number of thiazole rings is 1. The van der Waals surface area contributed by atoms with Crippen molar-refractivity contribution in [2.75, 3.05) is 44.2 Å². The molecular weight excluding hydrogens is 492 g/mol. The second-order valence-electron chi connectivity index (χ2n) is 8.51. The molecule has 34 heavy (non-hydrogen) atoms. The Hall–Kier alpha value is -2.31. The lowest BCUT2D eigenvalue weighted by molar-refractivity contribution is 0.0702. The predicted molar refractivity (Wildman–Crippen MR) is 134 cm³/mol. The van der Waals surface area contributed by atoms with Gasteiger partial charge in [0.1, 0.15) is 9.09 Å². The maximum absolute atomic E-state index is 13.3. The van der Waals surface area contributed by atoms with E-state index in [1.54, 1.807) is 6.07 Å². The average molecular weight is 519 g/mol. The first-order valence-corrected chi connectivity index (χ1v) is 14.3. The molecule has 0 unspecified atom stereocenters. The molecule has 2 aromatic heterocycles. The highest BCUT2D eigenvalue weighted by molar-refractivity contribution is 7.91. The van der Waals surface area contributed by atoms with Crippen LogP contribution in [0.4, 0.5) is 5.13 Å². The largest absolute Gasteiger partial charge is 0.477 e. The molecule has 5 rings (SSSR count). The molecule has 180 valence electrons. The standard InChI is InChI=1S/C23H26N4O4S3/c28-22(29)20-15-24-23(33-20)26-10-12-27(13-11-26)34(30,31)21-7-6-19(32-21)18-5-3-4-17(14-18)16-25-8-1-2-9-25/h3-7,14-15H,1-2,8-13,16H2,(H,28,29). The quantitative estimate of drug-likeness (QED) is 0.510. The summed E-state index contributed by atoms with van der Waals surface area (Å²) in [7, 11) is -3.59. The number of hydrogen-bond acceptors (Lipinski definition) is 8. The van der Waals surface area contributed by atoms with Crippen LogP contribution in [0.3, 0.4) is 0 Å². The Bertz CT molecular complexity index is 1270. The summed E-state index contributed by atoms with van der Waals surface area (Å²) in [6.45, 7) is 4.84. The zero-order valence-corrected chi connectivity index (χ0v) is 21.0. The molecule has 2 saturated heterocycles. The Balaban J connectivity index is 1.26. The summed E-state index contributed by atoms with van der Waals surface area (Å²) >= 11 is 2.42. The molecule has 2 aliphatic heterocycles. The molecule has 0 saturated carbocycles. The van der Waals surface area contributed by atoms with Gasteiger partial charge in [0.2, 0.25) is 0 Å². The lowest BCUT2D eigenvalue weighted by atomic mass is 10.1. The molecule has 0 amide bonds. The van der Waals surface area contributed by atoms with Gasteiger partial charge in [0.15, 0.2) is 5.13 Å². The number of aromatic carboxylic acids is 1. The van der Waals surface area contributed by atoms with Crippen LogP contribution in [0, 0.1) is 0 Å². The second-order valence-corrected chi connectivity index (χ2v) is 12.8. The van der Waals surface area contributed by atoms with Crippen LogP contribution in [0.1, 0.15) is 28.1 Å². The second kappa shape index (κ2) is 9.74. The third kappa shape index (κ3) is 4.89. The summed E-state index contributed by atoms with van der Waals surface area (Å²) in [4.78, 5) is 20.8. The zero-order chi connectivity index (χ0) is 23.7. The molecule has 2 fully saturated rings. The molecule has 0 radical (unpaired) electrons. The molecule has 0 bridgehead atoms. The van der Waals surface area contributed by atoms with E-state index < -0.39 is 16.0 Å². The molecule has 0 aliphatic carbocycles. The van der Waals surface area contributed by atoms with Gasteiger partial charge in [0.05, 0.1) is 6.20 Å². The van der Waals surface area contributed by atoms with E-state index in [4.69, 9.17) is 5.11 Å². The first-order chi connectivity index (χ1) is 16.4. The molecule has 4 heterocycles. The maximum atomic E-state index is 13.3. The third-order valence-electron chi connectivity index (χ3n) is 6.21. The van der Waals surface area contributed by atoms with E-state index in [-0.39, 0.29) is 4.88 Å². The topological polar surface area (TPSA) is 94.0 Å². The number of likely N-dealkylation sites (tertiary alicyclic amines) is 1. The fourth-order valence-electron chi connectivity index (χ4n) is 4.39. The van der Waals surface area contributed by atoms with Gasteiger partial charge >= 0.3 is 5.97 Å². The van der Waals surface area contributed by atoms with Crippen molar-refractivity contribution in [2.45, 2.75) is 23.6 Å². The van der Waals surface area contributed by atoms with E-state index in [1.807, 2.05) is 23.1 Å². The average Bonchev–Trinajstić information content (AvgIpc) is 3.61. The van der Waals surface area contributed by atoms with E-state index >= 15 is 0 Å². The van der Waals surface area contributed by atoms with Gasteiger partial charge in [-0.1, -0.05) is 29.5 Å². The molecule has 2 aliphatic rings. The fraction of sp³-hybridized carbons (Fsp3) is 0.391. The lowest BCUT2D eigenvalue weighted by Gasteiger charge is -2.33. The number of piperazine rings is 1. The Kier molecular flexibility index (Phi) is 6.72. The van der Waals surface area contributed by atoms with Crippen molar-refractivity contribution in [1.29, 1.82) is 0 Å². The number of carbonyl (C=O) groups is 1. The van der Waals surface area contributed by atoms with Gasteiger partial charge < -0.3 is 10.0 Å². The number of sulfonamides is 1. The molecule has 0 spiro atoms. The molecule has 3 aromatic rings. The SMILES string of the molecule is O=C(O)c1cnc(N2CCN(S(=O)(=O)c3ccc(-c4cccc(CN5CCCC5)c4)s3)CC2)s1. The highest BCUT2D eigenvalue weighted by atomic mass is 32.2.